The number of carbonyl (C=O) groups excluding carboxylic acids is 2. The first-order valence-electron chi connectivity index (χ1n) is 9.15. The van der Waals surface area contributed by atoms with Gasteiger partial charge < -0.3 is 15.2 Å². The van der Waals surface area contributed by atoms with Gasteiger partial charge in [-0.25, -0.2) is 0 Å². The Kier molecular flexibility index (Phi) is 11.0. The molecule has 2 N–H and O–H groups in total. The second-order valence-electron chi connectivity index (χ2n) is 6.24. The summed E-state index contributed by atoms with van der Waals surface area (Å²) in [6, 6.07) is 1.66. The lowest BCUT2D eigenvalue weighted by atomic mass is 10.1. The summed E-state index contributed by atoms with van der Waals surface area (Å²) in [4.78, 5) is 23.8. The van der Waals surface area contributed by atoms with Crippen LogP contribution in [0.2, 0.25) is 0 Å². The van der Waals surface area contributed by atoms with E-state index in [-0.39, 0.29) is 22.8 Å². The van der Waals surface area contributed by atoms with E-state index in [1.807, 2.05) is 0 Å². The maximum Gasteiger partial charge on any atom is 0.238 e. The number of anilines is 1. The molecule has 1 atom stereocenters. The van der Waals surface area contributed by atoms with Gasteiger partial charge in [-0.05, 0) is 20.3 Å². The molecule has 0 aliphatic rings. The normalized spacial score (nSPS) is 12.0. The van der Waals surface area contributed by atoms with Gasteiger partial charge in [0.15, 0.2) is 5.82 Å². The first kappa shape index (κ1) is 21.5. The number of rotatable bonds is 13. The quantitative estimate of drug-likeness (QED) is 0.515. The van der Waals surface area contributed by atoms with Crippen molar-refractivity contribution in [2.24, 2.45) is 0 Å². The predicted molar refractivity (Wildman–Crippen MR) is 103 cm³/mol. The number of aromatic nitrogens is 1. The molecule has 0 spiro atoms. The van der Waals surface area contributed by atoms with Crippen molar-refractivity contribution < 1.29 is 14.1 Å². The van der Waals surface area contributed by atoms with Crippen LogP contribution in [-0.2, 0) is 9.59 Å². The number of hydrogen-bond acceptors (Lipinski definition) is 5. The van der Waals surface area contributed by atoms with E-state index >= 15 is 0 Å². The number of unbranched alkanes of at least 4 members (excludes halogenated alkanes) is 6. The van der Waals surface area contributed by atoms with E-state index in [1.54, 1.807) is 19.9 Å². The maximum atomic E-state index is 12.0. The third-order valence-corrected chi connectivity index (χ3v) is 4.96. The highest BCUT2D eigenvalue weighted by Crippen LogP contribution is 2.14. The van der Waals surface area contributed by atoms with Crippen LogP contribution in [-0.4, -0.2) is 34.5 Å². The fourth-order valence-corrected chi connectivity index (χ4v) is 3.00. The lowest BCUT2D eigenvalue weighted by Crippen LogP contribution is -2.29. The van der Waals surface area contributed by atoms with Crippen LogP contribution in [0.1, 0.15) is 64.6 Å². The van der Waals surface area contributed by atoms with E-state index in [4.69, 9.17) is 4.52 Å². The Bertz CT molecular complexity index is 519. The van der Waals surface area contributed by atoms with Gasteiger partial charge in [0.05, 0.1) is 11.0 Å². The molecule has 142 valence electrons. The van der Waals surface area contributed by atoms with Crippen molar-refractivity contribution in [1.29, 1.82) is 0 Å². The summed E-state index contributed by atoms with van der Waals surface area (Å²) in [5, 5.41) is 8.97. The van der Waals surface area contributed by atoms with Crippen molar-refractivity contribution in [2.45, 2.75) is 71.0 Å². The van der Waals surface area contributed by atoms with Crippen LogP contribution in [0.15, 0.2) is 10.6 Å². The summed E-state index contributed by atoms with van der Waals surface area (Å²) < 4.78 is 4.90. The van der Waals surface area contributed by atoms with Crippen LogP contribution in [0.25, 0.3) is 0 Å². The van der Waals surface area contributed by atoms with E-state index < -0.39 is 0 Å². The zero-order chi connectivity index (χ0) is 18.5. The van der Waals surface area contributed by atoms with Gasteiger partial charge in [-0.2, -0.15) is 0 Å². The molecule has 0 bridgehead atoms. The fourth-order valence-electron chi connectivity index (χ4n) is 2.29. The van der Waals surface area contributed by atoms with Gasteiger partial charge in [0.25, 0.3) is 0 Å². The van der Waals surface area contributed by atoms with Gasteiger partial charge >= 0.3 is 0 Å². The summed E-state index contributed by atoms with van der Waals surface area (Å²) in [7, 11) is 0. The Morgan fingerprint density at radius 1 is 1.20 bits per heavy atom. The van der Waals surface area contributed by atoms with Crippen LogP contribution >= 0.6 is 11.8 Å². The number of amides is 2. The molecule has 0 fully saturated rings. The van der Waals surface area contributed by atoms with E-state index in [9.17, 15) is 9.59 Å². The van der Waals surface area contributed by atoms with Gasteiger partial charge in [-0.3, -0.25) is 9.59 Å². The molecule has 1 aromatic rings. The number of aryl methyl sites for hydroxylation is 1. The monoisotopic (exact) mass is 369 g/mol. The molecule has 0 aliphatic carbocycles. The van der Waals surface area contributed by atoms with Crippen LogP contribution in [0.3, 0.4) is 0 Å². The first-order chi connectivity index (χ1) is 12.0. The lowest BCUT2D eigenvalue weighted by molar-refractivity contribution is -0.118. The molecule has 1 aromatic heterocycles. The average Bonchev–Trinajstić information content (AvgIpc) is 2.99. The number of hydrogen-bond donors (Lipinski definition) is 2. The van der Waals surface area contributed by atoms with Gasteiger partial charge in [0.1, 0.15) is 5.76 Å². The maximum absolute atomic E-state index is 12.0. The molecular formula is C18H31N3O3S. The summed E-state index contributed by atoms with van der Waals surface area (Å²) in [6.45, 7) is 6.46. The Labute approximate surface area is 154 Å². The number of nitrogens with zero attached hydrogens (tertiary/aromatic N) is 1. The lowest BCUT2D eigenvalue weighted by Gasteiger charge is -2.10. The predicted octanol–water partition coefficient (Wildman–Crippen LogP) is 3.91. The van der Waals surface area contributed by atoms with Crippen LogP contribution < -0.4 is 10.6 Å². The van der Waals surface area contributed by atoms with Crippen molar-refractivity contribution in [1.82, 2.24) is 10.5 Å². The molecule has 6 nitrogen and oxygen atoms in total. The highest BCUT2D eigenvalue weighted by Gasteiger charge is 2.16. The van der Waals surface area contributed by atoms with Crippen LogP contribution in [0.4, 0.5) is 5.82 Å². The second-order valence-corrected chi connectivity index (χ2v) is 7.57. The summed E-state index contributed by atoms with van der Waals surface area (Å²) in [6.07, 6.45) is 8.60. The van der Waals surface area contributed by atoms with E-state index in [1.165, 1.54) is 43.9 Å². The molecule has 0 saturated heterocycles. The van der Waals surface area contributed by atoms with Crippen molar-refractivity contribution >= 4 is 29.4 Å². The topological polar surface area (TPSA) is 84.2 Å². The van der Waals surface area contributed by atoms with Crippen molar-refractivity contribution in [3.8, 4) is 0 Å². The first-order valence-corrected chi connectivity index (χ1v) is 10.2. The zero-order valence-electron chi connectivity index (χ0n) is 15.6. The Morgan fingerprint density at radius 2 is 1.88 bits per heavy atom. The van der Waals surface area contributed by atoms with Crippen molar-refractivity contribution in [2.75, 3.05) is 17.6 Å². The molecule has 25 heavy (non-hydrogen) atoms. The minimum absolute atomic E-state index is 0.0205. The highest BCUT2D eigenvalue weighted by molar-refractivity contribution is 8.01. The molecule has 0 aromatic carbocycles. The SMILES string of the molecule is CCCCCCCCCNC(=O)CSC(C)C(=O)Nc1cc(C)on1. The van der Waals surface area contributed by atoms with Crippen LogP contribution in [0, 0.1) is 6.92 Å². The van der Waals surface area contributed by atoms with Gasteiger partial charge in [0.2, 0.25) is 11.8 Å². The van der Waals surface area contributed by atoms with Gasteiger partial charge in [-0.15, -0.1) is 11.8 Å². The average molecular weight is 370 g/mol. The minimum atomic E-state index is -0.332. The molecule has 2 amide bonds. The molecule has 1 unspecified atom stereocenters. The summed E-state index contributed by atoms with van der Waals surface area (Å²) in [5.41, 5.74) is 0. The van der Waals surface area contributed by atoms with E-state index in [0.29, 0.717) is 18.1 Å². The summed E-state index contributed by atoms with van der Waals surface area (Å²) in [5.74, 6) is 1.12. The smallest absolute Gasteiger partial charge is 0.238 e. The highest BCUT2D eigenvalue weighted by atomic mass is 32.2. The number of carbonyl (C=O) groups is 2. The largest absolute Gasteiger partial charge is 0.360 e. The van der Waals surface area contributed by atoms with Crippen LogP contribution in [0.5, 0.6) is 0 Å². The third kappa shape index (κ3) is 10.2. The summed E-state index contributed by atoms with van der Waals surface area (Å²) >= 11 is 1.31. The molecule has 1 rings (SSSR count). The third-order valence-electron chi connectivity index (χ3n) is 3.82. The second kappa shape index (κ2) is 12.8. The Hall–Kier alpha value is -1.50. The molecule has 1 heterocycles. The van der Waals surface area contributed by atoms with Crippen molar-refractivity contribution in [3.63, 3.8) is 0 Å². The zero-order valence-corrected chi connectivity index (χ0v) is 16.4. The standard InChI is InChI=1S/C18H31N3O3S/c1-4-5-6-7-8-9-10-11-19-17(22)13-25-15(3)18(23)20-16-12-14(2)24-21-16/h12,15H,4-11,13H2,1-3H3,(H,19,22)(H,20,21,23). The fraction of sp³-hybridized carbons (Fsp3) is 0.722. The van der Waals surface area contributed by atoms with Gasteiger partial charge in [0, 0.05) is 12.6 Å². The molecular weight excluding hydrogens is 338 g/mol. The van der Waals surface area contributed by atoms with Crippen molar-refractivity contribution in [3.05, 3.63) is 11.8 Å². The Balaban J connectivity index is 2.05. The van der Waals surface area contributed by atoms with Gasteiger partial charge in [-0.1, -0.05) is 50.6 Å². The van der Waals surface area contributed by atoms with E-state index in [0.717, 1.165) is 12.8 Å². The molecule has 0 aliphatic heterocycles. The Morgan fingerprint density at radius 3 is 2.52 bits per heavy atom. The number of nitrogens with one attached hydrogen (secondary N) is 2. The van der Waals surface area contributed by atoms with E-state index in [2.05, 4.69) is 22.7 Å². The molecule has 0 radical (unpaired) electrons. The minimum Gasteiger partial charge on any atom is -0.360 e. The molecule has 7 heteroatoms. The number of thioether (sulfide) groups is 1. The molecule has 0 saturated carbocycles.